The fraction of sp³-hybridized carbons (Fsp3) is 0.333. The Kier molecular flexibility index (Phi) is 4.94. The molecule has 1 aliphatic rings. The third-order valence-corrected chi connectivity index (χ3v) is 4.14. The zero-order valence-electron chi connectivity index (χ0n) is 13.8. The number of amides is 2. The first-order chi connectivity index (χ1) is 12.0. The molecule has 0 aliphatic carbocycles. The van der Waals surface area contributed by atoms with Crippen molar-refractivity contribution in [3.63, 3.8) is 0 Å². The number of halogens is 2. The summed E-state index contributed by atoms with van der Waals surface area (Å²) < 4.78 is 31.9. The fourth-order valence-electron chi connectivity index (χ4n) is 2.71. The molecular formula is C18H19F2N3O2. The van der Waals surface area contributed by atoms with Gasteiger partial charge in [-0.2, -0.15) is 0 Å². The molecule has 2 amide bonds. The lowest BCUT2D eigenvalue weighted by atomic mass is 10.0. The van der Waals surface area contributed by atoms with E-state index in [1.54, 1.807) is 19.4 Å². The van der Waals surface area contributed by atoms with Gasteiger partial charge in [0.25, 0.3) is 5.92 Å². The van der Waals surface area contributed by atoms with E-state index in [4.69, 9.17) is 4.74 Å². The van der Waals surface area contributed by atoms with Crippen LogP contribution in [0.3, 0.4) is 0 Å². The second-order valence-electron chi connectivity index (χ2n) is 6.03. The van der Waals surface area contributed by atoms with Gasteiger partial charge in [-0.3, -0.25) is 4.98 Å². The van der Waals surface area contributed by atoms with Crippen molar-refractivity contribution < 1.29 is 18.3 Å². The number of nitrogens with one attached hydrogen (secondary N) is 1. The molecule has 25 heavy (non-hydrogen) atoms. The lowest BCUT2D eigenvalue weighted by Crippen LogP contribution is -2.50. The first-order valence-corrected chi connectivity index (χ1v) is 7.93. The zero-order valence-corrected chi connectivity index (χ0v) is 13.8. The average molecular weight is 347 g/mol. The van der Waals surface area contributed by atoms with Crippen LogP contribution in [0.25, 0.3) is 11.1 Å². The van der Waals surface area contributed by atoms with Gasteiger partial charge in [-0.05, 0) is 17.2 Å². The second-order valence-corrected chi connectivity index (χ2v) is 6.03. The number of pyridine rings is 1. The monoisotopic (exact) mass is 347 g/mol. The SMILES string of the molecule is CN(Cc1ccncc1-c1ccccc1)C(=O)N[C@H]1COCC1(F)F. The number of carbonyl (C=O) groups excluding carboxylic acids is 1. The van der Waals surface area contributed by atoms with Crippen LogP contribution in [-0.2, 0) is 11.3 Å². The quantitative estimate of drug-likeness (QED) is 0.925. The number of alkyl halides is 2. The molecule has 2 heterocycles. The minimum absolute atomic E-state index is 0.183. The van der Waals surface area contributed by atoms with Crippen molar-refractivity contribution >= 4 is 6.03 Å². The summed E-state index contributed by atoms with van der Waals surface area (Å²) in [6, 6.07) is 9.63. The van der Waals surface area contributed by atoms with Crippen LogP contribution >= 0.6 is 0 Å². The summed E-state index contributed by atoms with van der Waals surface area (Å²) in [5.41, 5.74) is 2.76. The first-order valence-electron chi connectivity index (χ1n) is 7.93. The van der Waals surface area contributed by atoms with E-state index in [0.717, 1.165) is 16.7 Å². The Hall–Kier alpha value is -2.54. The Morgan fingerprint density at radius 2 is 2.12 bits per heavy atom. The molecule has 0 bridgehead atoms. The van der Waals surface area contributed by atoms with Gasteiger partial charge in [0, 0.05) is 31.5 Å². The van der Waals surface area contributed by atoms with E-state index in [1.807, 2.05) is 36.4 Å². The third kappa shape index (κ3) is 3.93. The normalized spacial score (nSPS) is 18.8. The van der Waals surface area contributed by atoms with Crippen molar-refractivity contribution in [2.45, 2.75) is 18.5 Å². The molecule has 1 aliphatic heterocycles. The molecule has 0 radical (unpaired) electrons. The van der Waals surface area contributed by atoms with Crippen LogP contribution in [0.2, 0.25) is 0 Å². The van der Waals surface area contributed by atoms with E-state index in [0.29, 0.717) is 0 Å². The highest BCUT2D eigenvalue weighted by molar-refractivity contribution is 5.75. The predicted octanol–water partition coefficient (Wildman–Crippen LogP) is 2.92. The highest BCUT2D eigenvalue weighted by atomic mass is 19.3. The summed E-state index contributed by atoms with van der Waals surface area (Å²) in [7, 11) is 1.57. The second kappa shape index (κ2) is 7.14. The molecule has 1 N–H and O–H groups in total. The van der Waals surface area contributed by atoms with E-state index < -0.39 is 24.6 Å². The summed E-state index contributed by atoms with van der Waals surface area (Å²) in [5, 5.41) is 2.34. The maximum absolute atomic E-state index is 13.6. The van der Waals surface area contributed by atoms with Gasteiger partial charge in [0.2, 0.25) is 0 Å². The van der Waals surface area contributed by atoms with Crippen LogP contribution in [0.4, 0.5) is 13.6 Å². The number of nitrogens with zero attached hydrogens (tertiary/aromatic N) is 2. The summed E-state index contributed by atoms with van der Waals surface area (Å²) in [6.07, 6.45) is 3.38. The molecule has 2 aromatic rings. The van der Waals surface area contributed by atoms with Crippen LogP contribution in [0.15, 0.2) is 48.8 Å². The highest BCUT2D eigenvalue weighted by Gasteiger charge is 2.46. The minimum Gasteiger partial charge on any atom is -0.373 e. The minimum atomic E-state index is -3.04. The maximum atomic E-state index is 13.6. The van der Waals surface area contributed by atoms with E-state index in [2.05, 4.69) is 10.3 Å². The fourth-order valence-corrected chi connectivity index (χ4v) is 2.71. The Morgan fingerprint density at radius 1 is 1.36 bits per heavy atom. The number of aromatic nitrogens is 1. The Morgan fingerprint density at radius 3 is 2.80 bits per heavy atom. The number of urea groups is 1. The van der Waals surface area contributed by atoms with Crippen molar-refractivity contribution in [3.8, 4) is 11.1 Å². The molecule has 1 saturated heterocycles. The number of carbonyl (C=O) groups is 1. The Labute approximate surface area is 144 Å². The van der Waals surface area contributed by atoms with Gasteiger partial charge in [-0.15, -0.1) is 0 Å². The smallest absolute Gasteiger partial charge is 0.317 e. The van der Waals surface area contributed by atoms with E-state index >= 15 is 0 Å². The summed E-state index contributed by atoms with van der Waals surface area (Å²) in [5.74, 6) is -3.04. The van der Waals surface area contributed by atoms with Gasteiger partial charge in [0.15, 0.2) is 0 Å². The predicted molar refractivity (Wildman–Crippen MR) is 89.2 cm³/mol. The van der Waals surface area contributed by atoms with Crippen molar-refractivity contribution in [2.24, 2.45) is 0 Å². The molecule has 0 unspecified atom stereocenters. The highest BCUT2D eigenvalue weighted by Crippen LogP contribution is 2.26. The van der Waals surface area contributed by atoms with Crippen LogP contribution in [0, 0.1) is 0 Å². The average Bonchev–Trinajstić information content (AvgIpc) is 2.94. The number of rotatable bonds is 4. The van der Waals surface area contributed by atoms with Crippen LogP contribution < -0.4 is 5.32 Å². The molecule has 0 saturated carbocycles. The van der Waals surface area contributed by atoms with E-state index in [1.165, 1.54) is 4.90 Å². The molecule has 1 atom stereocenters. The van der Waals surface area contributed by atoms with Gasteiger partial charge in [0.05, 0.1) is 6.61 Å². The molecular weight excluding hydrogens is 328 g/mol. The van der Waals surface area contributed by atoms with Crippen molar-refractivity contribution in [3.05, 3.63) is 54.4 Å². The molecule has 7 heteroatoms. The topological polar surface area (TPSA) is 54.5 Å². The molecule has 1 fully saturated rings. The first kappa shape index (κ1) is 17.3. The lowest BCUT2D eigenvalue weighted by molar-refractivity contribution is -0.0222. The van der Waals surface area contributed by atoms with E-state index in [-0.39, 0.29) is 13.2 Å². The Balaban J connectivity index is 1.71. The van der Waals surface area contributed by atoms with Crippen molar-refractivity contribution in [2.75, 3.05) is 20.3 Å². The lowest BCUT2D eigenvalue weighted by Gasteiger charge is -2.24. The van der Waals surface area contributed by atoms with Gasteiger partial charge >= 0.3 is 6.03 Å². The number of hydrogen-bond donors (Lipinski definition) is 1. The largest absolute Gasteiger partial charge is 0.373 e. The molecule has 5 nitrogen and oxygen atoms in total. The molecule has 1 aromatic carbocycles. The summed E-state index contributed by atoms with van der Waals surface area (Å²) in [4.78, 5) is 17.8. The van der Waals surface area contributed by atoms with Gasteiger partial charge in [-0.1, -0.05) is 30.3 Å². The molecule has 132 valence electrons. The number of hydrogen-bond acceptors (Lipinski definition) is 3. The van der Waals surface area contributed by atoms with Gasteiger partial charge in [0.1, 0.15) is 12.6 Å². The number of ether oxygens (including phenoxy) is 1. The number of benzene rings is 1. The maximum Gasteiger partial charge on any atom is 0.317 e. The van der Waals surface area contributed by atoms with Crippen LogP contribution in [0.1, 0.15) is 5.56 Å². The van der Waals surface area contributed by atoms with Crippen LogP contribution in [-0.4, -0.2) is 48.1 Å². The Bertz CT molecular complexity index is 740. The van der Waals surface area contributed by atoms with Crippen molar-refractivity contribution in [1.29, 1.82) is 0 Å². The third-order valence-electron chi connectivity index (χ3n) is 4.14. The standard InChI is InChI=1S/C18H19F2N3O2/c1-23(17(24)22-16-11-25-12-18(16,19)20)10-14-7-8-21-9-15(14)13-5-3-2-4-6-13/h2-9,16H,10-12H2,1H3,(H,22,24)/t16-/m0/s1. The summed E-state index contributed by atoms with van der Waals surface area (Å²) >= 11 is 0. The molecule has 1 aromatic heterocycles. The van der Waals surface area contributed by atoms with Crippen molar-refractivity contribution in [1.82, 2.24) is 15.2 Å². The van der Waals surface area contributed by atoms with E-state index in [9.17, 15) is 13.6 Å². The molecule has 0 spiro atoms. The zero-order chi connectivity index (χ0) is 17.9. The van der Waals surface area contributed by atoms with Crippen LogP contribution in [0.5, 0.6) is 0 Å². The molecule has 3 rings (SSSR count). The van der Waals surface area contributed by atoms with Gasteiger partial charge in [-0.25, -0.2) is 13.6 Å². The summed E-state index contributed by atoms with van der Waals surface area (Å²) in [6.45, 7) is -0.570. The van der Waals surface area contributed by atoms with Gasteiger partial charge < -0.3 is 15.0 Å².